The summed E-state index contributed by atoms with van der Waals surface area (Å²) in [4.78, 5) is 22.0. The van der Waals surface area contributed by atoms with Crippen molar-refractivity contribution >= 4 is 32.9 Å². The molecule has 0 saturated heterocycles. The van der Waals surface area contributed by atoms with E-state index in [4.69, 9.17) is 3.79 Å². The van der Waals surface area contributed by atoms with E-state index in [1.165, 1.54) is 231 Å². The summed E-state index contributed by atoms with van der Waals surface area (Å²) in [5.74, 6) is -0.286. The average molecular weight is 824 g/mol. The molecule has 1 aromatic rings. The highest BCUT2D eigenvalue weighted by molar-refractivity contribution is 6.52. The van der Waals surface area contributed by atoms with Crippen LogP contribution >= 0.6 is 0 Å². The first kappa shape index (κ1) is 54.3. The van der Waals surface area contributed by atoms with Gasteiger partial charge in [0.1, 0.15) is 0 Å². The van der Waals surface area contributed by atoms with E-state index in [2.05, 4.69) is 49.6 Å². The van der Waals surface area contributed by atoms with Gasteiger partial charge in [-0.2, -0.15) is 0 Å². The number of carbonyl (C=O) groups is 1. The van der Waals surface area contributed by atoms with Crippen LogP contribution in [0.1, 0.15) is 239 Å². The lowest BCUT2D eigenvalue weighted by atomic mass is 10.0. The van der Waals surface area contributed by atoms with E-state index in [0.29, 0.717) is 5.56 Å². The van der Waals surface area contributed by atoms with Gasteiger partial charge in [0.15, 0.2) is 0 Å². The molecule has 0 amide bonds. The molecule has 58 heavy (non-hydrogen) atoms. The first-order valence-corrected chi connectivity index (χ1v) is 27.3. The molecule has 1 aliphatic heterocycles. The largest absolute Gasteiger partial charge is 0.643 e. The topological polar surface area (TPSA) is 74.5 Å². The Morgan fingerprint density at radius 2 is 0.810 bits per heavy atom. The van der Waals surface area contributed by atoms with Gasteiger partial charge in [-0.3, -0.25) is 0 Å². The van der Waals surface area contributed by atoms with Gasteiger partial charge in [0, 0.05) is 18.0 Å². The minimum absolute atomic E-state index is 0.536. The van der Waals surface area contributed by atoms with Crippen LogP contribution in [0.2, 0.25) is 10.6 Å². The van der Waals surface area contributed by atoms with Crippen LogP contribution in [-0.4, -0.2) is 63.0 Å². The maximum atomic E-state index is 11.4. The smallest absolute Gasteiger partial charge is 0.546 e. The molecule has 0 atom stereocenters. The summed E-state index contributed by atoms with van der Waals surface area (Å²) in [5, 5.41) is 11.5. The van der Waals surface area contributed by atoms with Crippen LogP contribution in [0.15, 0.2) is 34.3 Å². The number of carboxylic acids is 1. The highest BCUT2D eigenvalue weighted by Crippen LogP contribution is 2.31. The lowest BCUT2D eigenvalue weighted by Crippen LogP contribution is -2.30. The molecule has 1 heterocycles. The van der Waals surface area contributed by atoms with E-state index in [1.807, 2.05) is 0 Å². The van der Waals surface area contributed by atoms with Gasteiger partial charge in [0.2, 0.25) is 0 Å². The highest BCUT2D eigenvalue weighted by atomic mass is 27.2. The van der Waals surface area contributed by atoms with Gasteiger partial charge in [-0.25, -0.2) is 14.8 Å². The van der Waals surface area contributed by atoms with Gasteiger partial charge in [0.05, 0.1) is 5.75 Å². The highest BCUT2D eigenvalue weighted by Gasteiger charge is 2.40. The molecular formula is C51H94AlN3O3. The van der Waals surface area contributed by atoms with Crippen molar-refractivity contribution in [2.75, 3.05) is 20.1 Å². The van der Waals surface area contributed by atoms with Crippen molar-refractivity contribution in [1.29, 1.82) is 0 Å². The Hall–Kier alpha value is -1.68. The summed E-state index contributed by atoms with van der Waals surface area (Å²) in [5.41, 5.74) is -0.987. The SMILES string of the molecule is CCCCCCCCCCCCCCCCCCN(C)CCCCCCCCCCCCCCCCCC.C[CH2][Al]([CH2]C)[O]c1ccc(C2(C(=O)O)N=CC=N2)cc1. The molecule has 0 aliphatic carbocycles. The predicted octanol–water partition coefficient (Wildman–Crippen LogP) is 15.9. The fourth-order valence-electron chi connectivity index (χ4n) is 8.08. The van der Waals surface area contributed by atoms with E-state index in [-0.39, 0.29) is 0 Å². The third-order valence-electron chi connectivity index (χ3n) is 12.1. The number of benzene rings is 1. The van der Waals surface area contributed by atoms with Crippen molar-refractivity contribution in [2.45, 2.75) is 249 Å². The van der Waals surface area contributed by atoms with Crippen molar-refractivity contribution in [2.24, 2.45) is 9.98 Å². The van der Waals surface area contributed by atoms with Gasteiger partial charge in [-0.1, -0.05) is 243 Å². The normalized spacial score (nSPS) is 12.9. The zero-order valence-corrected chi connectivity index (χ0v) is 40.3. The first-order valence-electron chi connectivity index (χ1n) is 25.2. The van der Waals surface area contributed by atoms with Gasteiger partial charge >= 0.3 is 20.5 Å². The second-order valence-electron chi connectivity index (χ2n) is 17.5. The van der Waals surface area contributed by atoms with Gasteiger partial charge in [-0.15, -0.1) is 0 Å². The number of aliphatic imine (C=N–C) groups is 2. The van der Waals surface area contributed by atoms with E-state index in [1.54, 1.807) is 24.3 Å². The summed E-state index contributed by atoms with van der Waals surface area (Å²) in [7, 11) is 2.34. The Balaban J connectivity index is 0.000000697. The van der Waals surface area contributed by atoms with Crippen molar-refractivity contribution < 1.29 is 13.7 Å². The second-order valence-corrected chi connectivity index (χ2v) is 20.6. The Kier molecular flexibility index (Phi) is 37.0. The Morgan fingerprint density at radius 3 is 1.09 bits per heavy atom. The third-order valence-corrected chi connectivity index (χ3v) is 14.6. The number of aliphatic carboxylic acids is 1. The van der Waals surface area contributed by atoms with Crippen LogP contribution < -0.4 is 3.79 Å². The van der Waals surface area contributed by atoms with E-state index in [0.717, 1.165) is 16.3 Å². The van der Waals surface area contributed by atoms with Crippen molar-refractivity contribution in [3.63, 3.8) is 0 Å². The molecule has 1 aliphatic rings. The monoisotopic (exact) mass is 824 g/mol. The molecular weight excluding hydrogens is 730 g/mol. The molecule has 0 aromatic heterocycles. The lowest BCUT2D eigenvalue weighted by molar-refractivity contribution is -0.143. The number of unbranched alkanes of at least 4 members (excludes halogenated alkanes) is 30. The molecule has 0 spiro atoms. The molecule has 1 N–H and O–H groups in total. The number of rotatable bonds is 40. The fourth-order valence-corrected chi connectivity index (χ4v) is 9.54. The van der Waals surface area contributed by atoms with Crippen LogP contribution in [0.25, 0.3) is 0 Å². The Labute approximate surface area is 365 Å². The van der Waals surface area contributed by atoms with Crippen LogP contribution in [0.4, 0.5) is 0 Å². The van der Waals surface area contributed by atoms with Crippen molar-refractivity contribution in [3.8, 4) is 5.75 Å². The zero-order valence-electron chi connectivity index (χ0n) is 39.1. The molecule has 1 aromatic carbocycles. The summed E-state index contributed by atoms with van der Waals surface area (Å²) in [6.45, 7) is 11.5. The molecule has 0 radical (unpaired) electrons. The van der Waals surface area contributed by atoms with E-state index < -0.39 is 26.1 Å². The van der Waals surface area contributed by atoms with Crippen LogP contribution in [0.3, 0.4) is 0 Å². The predicted molar refractivity (Wildman–Crippen MR) is 257 cm³/mol. The maximum absolute atomic E-state index is 11.4. The Morgan fingerprint density at radius 1 is 0.517 bits per heavy atom. The molecule has 0 fully saturated rings. The minimum Gasteiger partial charge on any atom is -0.643 e. The van der Waals surface area contributed by atoms with Crippen LogP contribution in [0.5, 0.6) is 5.75 Å². The summed E-state index contributed by atoms with van der Waals surface area (Å²) in [6, 6.07) is 7.05. The number of hydrogen-bond acceptors (Lipinski definition) is 5. The molecule has 0 bridgehead atoms. The quantitative estimate of drug-likeness (QED) is 0.0528. The number of carboxylic acid groups (broad SMARTS) is 1. The van der Waals surface area contributed by atoms with Crippen LogP contribution in [-0.2, 0) is 10.5 Å². The van der Waals surface area contributed by atoms with Crippen LogP contribution in [0, 0.1) is 0 Å². The number of hydrogen-bond donors (Lipinski definition) is 1. The lowest BCUT2D eigenvalue weighted by Gasteiger charge is -2.19. The third kappa shape index (κ3) is 28.7. The zero-order chi connectivity index (χ0) is 42.2. The summed E-state index contributed by atoms with van der Waals surface area (Å²) < 4.78 is 5.94. The van der Waals surface area contributed by atoms with Crippen molar-refractivity contribution in [1.82, 2.24) is 4.90 Å². The maximum Gasteiger partial charge on any atom is 0.546 e. The minimum atomic E-state index is -1.52. The fraction of sp³-hybridized carbons (Fsp3) is 0.824. The second kappa shape index (κ2) is 39.5. The van der Waals surface area contributed by atoms with E-state index in [9.17, 15) is 9.90 Å². The molecule has 7 heteroatoms. The Bertz CT molecular complexity index is 1060. The number of nitrogens with zero attached hydrogens (tertiary/aromatic N) is 3. The van der Waals surface area contributed by atoms with E-state index >= 15 is 0 Å². The molecule has 0 unspecified atom stereocenters. The van der Waals surface area contributed by atoms with Gasteiger partial charge in [-0.05, 0) is 45.1 Å². The first-order chi connectivity index (χ1) is 28.4. The molecule has 6 nitrogen and oxygen atoms in total. The molecule has 2 rings (SSSR count). The van der Waals surface area contributed by atoms with Gasteiger partial charge in [0.25, 0.3) is 5.66 Å². The molecule has 334 valence electrons. The average Bonchev–Trinajstić information content (AvgIpc) is 3.75. The summed E-state index contributed by atoms with van der Waals surface area (Å²) >= 11 is -1.17. The standard InChI is InChI=1S/C37H77N.C10H8N2O3.2C2H5.Al/c1-4-6-8-10-12-14-16-18-20-22-24-26-28-30-32-34-36-38(3)37-35-33-31-29-27-25-23-21-19-17-15-13-11-9-7-5-2;13-8-3-1-7(2-4-8)10(9(14)15)11-5-6-12-10;2*1-2;/h4-37H2,1-3H3;1-6,13H,(H,14,15);2*1H2,2H3;/q;;;;+1/p-1. The summed E-state index contributed by atoms with van der Waals surface area (Å²) in [6.07, 6.45) is 49.6. The molecule has 0 saturated carbocycles. The van der Waals surface area contributed by atoms with Gasteiger partial charge < -0.3 is 13.8 Å². The van der Waals surface area contributed by atoms with Crippen molar-refractivity contribution in [3.05, 3.63) is 29.8 Å².